The van der Waals surface area contributed by atoms with E-state index >= 15 is 0 Å². The molecule has 0 aliphatic heterocycles. The molecule has 9 heavy (non-hydrogen) atoms. The van der Waals surface area contributed by atoms with E-state index in [1.54, 1.807) is 0 Å². The average Bonchev–Trinajstić information content (AvgIpc) is 1.82. The summed E-state index contributed by atoms with van der Waals surface area (Å²) in [7, 11) is 0. The second-order valence-electron chi connectivity index (χ2n) is 2.02. The van der Waals surface area contributed by atoms with Crippen molar-refractivity contribution in [1.82, 2.24) is 0 Å². The van der Waals surface area contributed by atoms with Gasteiger partial charge in [-0.05, 0) is 19.8 Å². The van der Waals surface area contributed by atoms with Crippen molar-refractivity contribution in [1.29, 1.82) is 0 Å². The zero-order chi connectivity index (χ0) is 7.28. The number of aliphatic hydroxyl groups is 3. The summed E-state index contributed by atoms with van der Waals surface area (Å²) >= 11 is 0. The lowest BCUT2D eigenvalue weighted by atomic mass is 10.1. The largest absolute Gasteiger partial charge is 0.396 e. The fraction of sp³-hybridized carbons (Fsp3) is 0.833. The smallest absolute Gasteiger partial charge is 0.118 e. The van der Waals surface area contributed by atoms with E-state index in [0.717, 1.165) is 0 Å². The third-order valence-corrected chi connectivity index (χ3v) is 1.12. The zero-order valence-corrected chi connectivity index (χ0v) is 5.54. The van der Waals surface area contributed by atoms with E-state index in [1.807, 2.05) is 0 Å². The normalized spacial score (nSPS) is 14.3. The van der Waals surface area contributed by atoms with Crippen LogP contribution in [0.25, 0.3) is 0 Å². The van der Waals surface area contributed by atoms with E-state index in [2.05, 4.69) is 0 Å². The predicted molar refractivity (Wildman–Crippen MR) is 33.2 cm³/mol. The van der Waals surface area contributed by atoms with E-state index in [9.17, 15) is 0 Å². The standard InChI is InChI=1S/C6H13O3/c1-5(8)6(9)3-2-4-7/h6-9H,2-4H2,1H3. The van der Waals surface area contributed by atoms with Crippen molar-refractivity contribution in [2.45, 2.75) is 25.9 Å². The lowest BCUT2D eigenvalue weighted by Gasteiger charge is -2.10. The van der Waals surface area contributed by atoms with Gasteiger partial charge in [-0.15, -0.1) is 0 Å². The van der Waals surface area contributed by atoms with Crippen molar-refractivity contribution in [2.24, 2.45) is 0 Å². The van der Waals surface area contributed by atoms with Crippen LogP contribution in [0.15, 0.2) is 0 Å². The van der Waals surface area contributed by atoms with Crippen LogP contribution in [0.1, 0.15) is 19.8 Å². The molecule has 0 aromatic rings. The Morgan fingerprint density at radius 1 is 1.56 bits per heavy atom. The van der Waals surface area contributed by atoms with Gasteiger partial charge in [-0.2, -0.15) is 0 Å². The maximum absolute atomic E-state index is 8.86. The van der Waals surface area contributed by atoms with Crippen molar-refractivity contribution in [3.05, 3.63) is 6.10 Å². The third-order valence-electron chi connectivity index (χ3n) is 1.12. The SMILES string of the molecule is C[C](O)C(O)CCCO. The highest BCUT2D eigenvalue weighted by Gasteiger charge is 2.09. The van der Waals surface area contributed by atoms with Gasteiger partial charge in [0.05, 0.1) is 6.10 Å². The number of rotatable bonds is 4. The Hall–Kier alpha value is -0.120. The quantitative estimate of drug-likeness (QED) is 0.507. The fourth-order valence-electron chi connectivity index (χ4n) is 0.494. The maximum atomic E-state index is 8.86. The molecule has 0 aromatic carbocycles. The van der Waals surface area contributed by atoms with Crippen LogP contribution in [0.5, 0.6) is 0 Å². The molecule has 55 valence electrons. The highest BCUT2D eigenvalue weighted by molar-refractivity contribution is 4.78. The van der Waals surface area contributed by atoms with Crippen molar-refractivity contribution in [2.75, 3.05) is 6.61 Å². The molecule has 0 saturated heterocycles. The Morgan fingerprint density at radius 2 is 2.11 bits per heavy atom. The second-order valence-corrected chi connectivity index (χ2v) is 2.02. The molecular formula is C6H13O3. The van der Waals surface area contributed by atoms with Crippen LogP contribution in [0.3, 0.4) is 0 Å². The van der Waals surface area contributed by atoms with Gasteiger partial charge >= 0.3 is 0 Å². The summed E-state index contributed by atoms with van der Waals surface area (Å²) in [4.78, 5) is 0. The summed E-state index contributed by atoms with van der Waals surface area (Å²) in [5, 5.41) is 25.8. The number of aliphatic hydroxyl groups excluding tert-OH is 3. The molecule has 0 aliphatic carbocycles. The van der Waals surface area contributed by atoms with Gasteiger partial charge in [0.25, 0.3) is 0 Å². The molecule has 3 heteroatoms. The number of hydrogen-bond acceptors (Lipinski definition) is 3. The van der Waals surface area contributed by atoms with Gasteiger partial charge in [-0.3, -0.25) is 0 Å². The molecule has 0 bridgehead atoms. The topological polar surface area (TPSA) is 60.7 Å². The Balaban J connectivity index is 3.16. The first-order valence-electron chi connectivity index (χ1n) is 2.99. The molecule has 0 aromatic heterocycles. The molecular weight excluding hydrogens is 120 g/mol. The number of hydrogen-bond donors (Lipinski definition) is 3. The monoisotopic (exact) mass is 133 g/mol. The van der Waals surface area contributed by atoms with Gasteiger partial charge in [0, 0.05) is 6.61 Å². The molecule has 1 radical (unpaired) electrons. The molecule has 3 nitrogen and oxygen atoms in total. The fourth-order valence-corrected chi connectivity index (χ4v) is 0.494. The highest BCUT2D eigenvalue weighted by Crippen LogP contribution is 2.06. The van der Waals surface area contributed by atoms with Crippen LogP contribution in [0.4, 0.5) is 0 Å². The molecule has 0 fully saturated rings. The summed E-state index contributed by atoms with van der Waals surface area (Å²) in [6, 6.07) is 0. The molecule has 0 saturated carbocycles. The molecule has 1 atom stereocenters. The molecule has 3 N–H and O–H groups in total. The first-order valence-corrected chi connectivity index (χ1v) is 2.99. The first kappa shape index (κ1) is 8.88. The van der Waals surface area contributed by atoms with E-state index in [4.69, 9.17) is 15.3 Å². The van der Waals surface area contributed by atoms with Gasteiger partial charge in [0.15, 0.2) is 0 Å². The van der Waals surface area contributed by atoms with Crippen LogP contribution in [-0.2, 0) is 0 Å². The van der Waals surface area contributed by atoms with Gasteiger partial charge in [0.2, 0.25) is 0 Å². The van der Waals surface area contributed by atoms with Crippen LogP contribution in [0, 0.1) is 6.10 Å². The lowest BCUT2D eigenvalue weighted by molar-refractivity contribution is 0.0900. The molecule has 0 heterocycles. The van der Waals surface area contributed by atoms with Crippen molar-refractivity contribution >= 4 is 0 Å². The molecule has 1 unspecified atom stereocenters. The highest BCUT2D eigenvalue weighted by atomic mass is 16.3. The Morgan fingerprint density at radius 3 is 2.44 bits per heavy atom. The summed E-state index contributed by atoms with van der Waals surface area (Å²) < 4.78 is 0. The Labute approximate surface area is 54.9 Å². The van der Waals surface area contributed by atoms with E-state index in [0.29, 0.717) is 12.8 Å². The zero-order valence-electron chi connectivity index (χ0n) is 5.54. The Bertz CT molecular complexity index is 63.3. The van der Waals surface area contributed by atoms with Crippen molar-refractivity contribution < 1.29 is 15.3 Å². The summed E-state index contributed by atoms with van der Waals surface area (Å²) in [6.45, 7) is 1.51. The summed E-state index contributed by atoms with van der Waals surface area (Å²) in [5.41, 5.74) is 0. The molecule has 0 amide bonds. The predicted octanol–water partition coefficient (Wildman–Crippen LogP) is 0.0442. The van der Waals surface area contributed by atoms with Gasteiger partial charge in [-0.1, -0.05) is 0 Å². The average molecular weight is 133 g/mol. The van der Waals surface area contributed by atoms with E-state index < -0.39 is 6.10 Å². The van der Waals surface area contributed by atoms with Crippen molar-refractivity contribution in [3.8, 4) is 0 Å². The van der Waals surface area contributed by atoms with Gasteiger partial charge in [0.1, 0.15) is 6.10 Å². The minimum absolute atomic E-state index is 0.0171. The van der Waals surface area contributed by atoms with Crippen LogP contribution in [-0.4, -0.2) is 28.0 Å². The molecule has 0 spiro atoms. The minimum Gasteiger partial charge on any atom is -0.396 e. The van der Waals surface area contributed by atoms with Gasteiger partial charge < -0.3 is 15.3 Å². The van der Waals surface area contributed by atoms with E-state index in [-0.39, 0.29) is 12.7 Å². The maximum Gasteiger partial charge on any atom is 0.118 e. The summed E-state index contributed by atoms with van der Waals surface area (Å²) in [6.07, 6.45) is 0.207. The Kier molecular flexibility index (Phi) is 4.67. The summed E-state index contributed by atoms with van der Waals surface area (Å²) in [5.74, 6) is 0. The van der Waals surface area contributed by atoms with Gasteiger partial charge in [-0.25, -0.2) is 0 Å². The second kappa shape index (κ2) is 4.73. The minimum atomic E-state index is -0.767. The lowest BCUT2D eigenvalue weighted by Crippen LogP contribution is -2.14. The molecule has 0 aliphatic rings. The van der Waals surface area contributed by atoms with Crippen LogP contribution in [0.2, 0.25) is 0 Å². The first-order chi connectivity index (χ1) is 4.18. The van der Waals surface area contributed by atoms with Crippen LogP contribution >= 0.6 is 0 Å². The molecule has 0 rings (SSSR count). The third kappa shape index (κ3) is 4.39. The van der Waals surface area contributed by atoms with E-state index in [1.165, 1.54) is 6.92 Å². The van der Waals surface area contributed by atoms with Crippen LogP contribution < -0.4 is 0 Å². The van der Waals surface area contributed by atoms with Crippen molar-refractivity contribution in [3.63, 3.8) is 0 Å².